The molecule has 1 aromatic heterocycles. The Balaban J connectivity index is 3.51. The molecular formula is C12H20N4O2. The SMILES string of the molecule is C=Nc1c(N)n(CCC)c(=O)n(CCCC)c1=O. The molecule has 1 rings (SSSR count). The topological polar surface area (TPSA) is 82.4 Å². The van der Waals surface area contributed by atoms with Gasteiger partial charge in [0.05, 0.1) is 0 Å². The van der Waals surface area contributed by atoms with E-state index in [1.807, 2.05) is 13.8 Å². The Morgan fingerprint density at radius 2 is 1.83 bits per heavy atom. The zero-order valence-electron chi connectivity index (χ0n) is 11.0. The summed E-state index contributed by atoms with van der Waals surface area (Å²) in [4.78, 5) is 27.9. The molecule has 0 fully saturated rings. The highest BCUT2D eigenvalue weighted by Gasteiger charge is 2.15. The summed E-state index contributed by atoms with van der Waals surface area (Å²) in [6, 6.07) is 0. The van der Waals surface area contributed by atoms with Crippen molar-refractivity contribution in [2.45, 2.75) is 46.2 Å². The highest BCUT2D eigenvalue weighted by atomic mass is 16.2. The normalized spacial score (nSPS) is 10.6. The number of hydrogen-bond acceptors (Lipinski definition) is 4. The van der Waals surface area contributed by atoms with Gasteiger partial charge in [-0.3, -0.25) is 18.9 Å². The lowest BCUT2D eigenvalue weighted by Crippen LogP contribution is -2.41. The standard InChI is InChI=1S/C12H20N4O2/c1-4-6-8-16-11(17)9(14-3)10(13)15(7-5-2)12(16)18/h3-8,13H2,1-2H3. The van der Waals surface area contributed by atoms with Gasteiger partial charge in [0.1, 0.15) is 5.82 Å². The number of rotatable bonds is 6. The maximum atomic E-state index is 12.2. The van der Waals surface area contributed by atoms with Crippen molar-refractivity contribution in [2.75, 3.05) is 5.73 Å². The first-order valence-corrected chi connectivity index (χ1v) is 6.18. The molecule has 1 heterocycles. The molecule has 0 bridgehead atoms. The summed E-state index contributed by atoms with van der Waals surface area (Å²) in [6.07, 6.45) is 2.43. The number of anilines is 1. The van der Waals surface area contributed by atoms with Gasteiger partial charge in [-0.05, 0) is 19.6 Å². The second-order valence-electron chi connectivity index (χ2n) is 4.14. The third-order valence-corrected chi connectivity index (χ3v) is 2.78. The molecule has 0 aliphatic carbocycles. The lowest BCUT2D eigenvalue weighted by molar-refractivity contribution is 0.532. The van der Waals surface area contributed by atoms with Crippen LogP contribution >= 0.6 is 0 Å². The summed E-state index contributed by atoms with van der Waals surface area (Å²) in [5.74, 6) is 0.106. The number of unbranched alkanes of at least 4 members (excludes halogenated alkanes) is 1. The van der Waals surface area contributed by atoms with Gasteiger partial charge in [-0.2, -0.15) is 0 Å². The molecule has 6 heteroatoms. The van der Waals surface area contributed by atoms with Gasteiger partial charge >= 0.3 is 5.69 Å². The van der Waals surface area contributed by atoms with E-state index < -0.39 is 5.56 Å². The minimum Gasteiger partial charge on any atom is -0.383 e. The molecular weight excluding hydrogens is 232 g/mol. The summed E-state index contributed by atoms with van der Waals surface area (Å²) in [5.41, 5.74) is 5.05. The van der Waals surface area contributed by atoms with Crippen molar-refractivity contribution < 1.29 is 0 Å². The van der Waals surface area contributed by atoms with Crippen molar-refractivity contribution in [3.63, 3.8) is 0 Å². The van der Waals surface area contributed by atoms with E-state index in [1.54, 1.807) is 0 Å². The zero-order chi connectivity index (χ0) is 13.7. The summed E-state index contributed by atoms with van der Waals surface area (Å²) in [5, 5.41) is 0. The van der Waals surface area contributed by atoms with Gasteiger partial charge in [0.2, 0.25) is 0 Å². The van der Waals surface area contributed by atoms with E-state index >= 15 is 0 Å². The van der Waals surface area contributed by atoms with Crippen molar-refractivity contribution in [3.8, 4) is 0 Å². The Kier molecular flexibility index (Phi) is 4.88. The lowest BCUT2D eigenvalue weighted by atomic mass is 10.3. The average Bonchev–Trinajstić information content (AvgIpc) is 2.35. The minimum atomic E-state index is -0.451. The quantitative estimate of drug-likeness (QED) is 0.770. The average molecular weight is 252 g/mol. The van der Waals surface area contributed by atoms with Crippen LogP contribution in [0.4, 0.5) is 11.5 Å². The molecule has 2 N–H and O–H groups in total. The summed E-state index contributed by atoms with van der Waals surface area (Å²) in [7, 11) is 0. The highest BCUT2D eigenvalue weighted by Crippen LogP contribution is 2.14. The molecule has 0 aliphatic rings. The van der Waals surface area contributed by atoms with Gasteiger partial charge in [-0.1, -0.05) is 20.3 Å². The van der Waals surface area contributed by atoms with Gasteiger partial charge in [-0.15, -0.1) is 0 Å². The second-order valence-corrected chi connectivity index (χ2v) is 4.14. The number of aliphatic imine (C=N–C) groups is 1. The predicted octanol–water partition coefficient (Wildman–Crippen LogP) is 1.13. The van der Waals surface area contributed by atoms with Gasteiger partial charge in [0, 0.05) is 13.1 Å². The first-order chi connectivity index (χ1) is 8.58. The van der Waals surface area contributed by atoms with E-state index in [9.17, 15) is 9.59 Å². The monoisotopic (exact) mass is 252 g/mol. The van der Waals surface area contributed by atoms with Crippen molar-refractivity contribution in [1.29, 1.82) is 0 Å². The van der Waals surface area contributed by atoms with E-state index in [2.05, 4.69) is 11.7 Å². The van der Waals surface area contributed by atoms with Gasteiger partial charge in [0.25, 0.3) is 5.56 Å². The van der Waals surface area contributed by atoms with Gasteiger partial charge in [0.15, 0.2) is 5.69 Å². The molecule has 1 aromatic rings. The maximum Gasteiger partial charge on any atom is 0.332 e. The fraction of sp³-hybridized carbons (Fsp3) is 0.583. The van der Waals surface area contributed by atoms with Crippen molar-refractivity contribution >= 4 is 18.2 Å². The van der Waals surface area contributed by atoms with E-state index in [-0.39, 0.29) is 17.2 Å². The molecule has 0 unspecified atom stereocenters. The molecule has 0 aliphatic heterocycles. The second kappa shape index (κ2) is 6.18. The Morgan fingerprint density at radius 1 is 1.17 bits per heavy atom. The Hall–Kier alpha value is -1.85. The van der Waals surface area contributed by atoms with E-state index in [1.165, 1.54) is 9.13 Å². The van der Waals surface area contributed by atoms with Crippen molar-refractivity contribution in [3.05, 3.63) is 20.8 Å². The smallest absolute Gasteiger partial charge is 0.332 e. The molecule has 0 saturated carbocycles. The number of nitrogens with zero attached hydrogens (tertiary/aromatic N) is 3. The molecule has 18 heavy (non-hydrogen) atoms. The molecule has 0 radical (unpaired) electrons. The molecule has 0 saturated heterocycles. The molecule has 100 valence electrons. The first-order valence-electron chi connectivity index (χ1n) is 6.18. The molecule has 0 amide bonds. The van der Waals surface area contributed by atoms with E-state index in [4.69, 9.17) is 5.73 Å². The van der Waals surface area contributed by atoms with E-state index in [0.717, 1.165) is 19.3 Å². The minimum absolute atomic E-state index is 0.0687. The van der Waals surface area contributed by atoms with Crippen molar-refractivity contribution in [2.24, 2.45) is 4.99 Å². The Bertz CT molecular complexity index is 542. The van der Waals surface area contributed by atoms with Crippen LogP contribution in [0.25, 0.3) is 0 Å². The summed E-state index contributed by atoms with van der Waals surface area (Å²) >= 11 is 0. The summed E-state index contributed by atoms with van der Waals surface area (Å²) in [6.45, 7) is 8.15. The molecule has 6 nitrogen and oxygen atoms in total. The fourth-order valence-corrected chi connectivity index (χ4v) is 1.80. The van der Waals surface area contributed by atoms with E-state index in [0.29, 0.717) is 13.1 Å². The zero-order valence-corrected chi connectivity index (χ0v) is 11.0. The number of aromatic nitrogens is 2. The highest BCUT2D eigenvalue weighted by molar-refractivity contribution is 5.59. The Labute approximate surface area is 106 Å². The van der Waals surface area contributed by atoms with Crippen LogP contribution in [0.15, 0.2) is 14.6 Å². The summed E-state index contributed by atoms with van der Waals surface area (Å²) < 4.78 is 2.58. The Morgan fingerprint density at radius 3 is 2.33 bits per heavy atom. The van der Waals surface area contributed by atoms with Gasteiger partial charge < -0.3 is 5.73 Å². The van der Waals surface area contributed by atoms with Crippen LogP contribution in [0.2, 0.25) is 0 Å². The van der Waals surface area contributed by atoms with Crippen LogP contribution < -0.4 is 17.0 Å². The largest absolute Gasteiger partial charge is 0.383 e. The molecule has 0 atom stereocenters. The third-order valence-electron chi connectivity index (χ3n) is 2.78. The van der Waals surface area contributed by atoms with Crippen LogP contribution in [0.1, 0.15) is 33.1 Å². The van der Waals surface area contributed by atoms with Crippen LogP contribution in [0.5, 0.6) is 0 Å². The number of nitrogens with two attached hydrogens (primary N) is 1. The number of hydrogen-bond donors (Lipinski definition) is 1. The lowest BCUT2D eigenvalue weighted by Gasteiger charge is -2.13. The number of nitrogen functional groups attached to an aromatic ring is 1. The van der Waals surface area contributed by atoms with Crippen LogP contribution in [-0.4, -0.2) is 15.9 Å². The predicted molar refractivity (Wildman–Crippen MR) is 73.8 cm³/mol. The first kappa shape index (κ1) is 14.2. The fourth-order valence-electron chi connectivity index (χ4n) is 1.80. The van der Waals surface area contributed by atoms with Gasteiger partial charge in [-0.25, -0.2) is 4.79 Å². The van der Waals surface area contributed by atoms with Crippen LogP contribution in [0.3, 0.4) is 0 Å². The maximum absolute atomic E-state index is 12.2. The third kappa shape index (κ3) is 2.52. The van der Waals surface area contributed by atoms with Crippen LogP contribution in [0, 0.1) is 0 Å². The molecule has 0 aromatic carbocycles. The van der Waals surface area contributed by atoms with Crippen LogP contribution in [-0.2, 0) is 13.1 Å². The molecule has 0 spiro atoms. The van der Waals surface area contributed by atoms with Crippen molar-refractivity contribution in [1.82, 2.24) is 9.13 Å².